The second-order valence-electron chi connectivity index (χ2n) is 7.15. The molecule has 162 valence electrons. The van der Waals surface area contributed by atoms with Crippen LogP contribution in [0, 0.1) is 6.92 Å². The van der Waals surface area contributed by atoms with Gasteiger partial charge in [-0.1, -0.05) is 83.0 Å². The monoisotopic (exact) mass is 482 g/mol. The Kier molecular flexibility index (Phi) is 7.15. The summed E-state index contributed by atoms with van der Waals surface area (Å²) >= 11 is 14.1. The maximum atomic E-state index is 12.6. The Balaban J connectivity index is 1.60. The van der Waals surface area contributed by atoms with Gasteiger partial charge in [0.25, 0.3) is 5.91 Å². The standard InChI is InChI=1S/C24H20Cl2N4OS/c1-16-7-9-18(10-8-16)23(31)27-14-22-28-29-24(32-15-17-5-3-2-4-6-17)30(22)21-12-11-19(25)13-20(21)26/h2-13H,14-15H2,1H3,(H,27,31). The molecule has 1 amide bonds. The van der Waals surface area contributed by atoms with Gasteiger partial charge in [0.15, 0.2) is 11.0 Å². The molecule has 0 aliphatic carbocycles. The van der Waals surface area contributed by atoms with Crippen molar-refractivity contribution in [2.75, 3.05) is 0 Å². The molecule has 0 fully saturated rings. The van der Waals surface area contributed by atoms with Crippen LogP contribution in [-0.4, -0.2) is 20.7 Å². The molecule has 4 aromatic rings. The first kappa shape index (κ1) is 22.4. The summed E-state index contributed by atoms with van der Waals surface area (Å²) in [5, 5.41) is 13.3. The third kappa shape index (κ3) is 5.33. The number of benzene rings is 3. The average molecular weight is 483 g/mol. The van der Waals surface area contributed by atoms with Crippen molar-refractivity contribution in [3.8, 4) is 5.69 Å². The van der Waals surface area contributed by atoms with Gasteiger partial charge < -0.3 is 5.32 Å². The van der Waals surface area contributed by atoms with Crippen molar-refractivity contribution in [1.29, 1.82) is 0 Å². The molecule has 0 aliphatic rings. The number of thioether (sulfide) groups is 1. The number of hydrogen-bond donors (Lipinski definition) is 1. The van der Waals surface area contributed by atoms with Gasteiger partial charge in [-0.05, 0) is 42.8 Å². The van der Waals surface area contributed by atoms with Gasteiger partial charge in [0.05, 0.1) is 17.3 Å². The van der Waals surface area contributed by atoms with Crippen LogP contribution in [-0.2, 0) is 12.3 Å². The van der Waals surface area contributed by atoms with Crippen LogP contribution < -0.4 is 5.32 Å². The molecule has 8 heteroatoms. The molecule has 0 spiro atoms. The number of rotatable bonds is 7. The van der Waals surface area contributed by atoms with Crippen LogP contribution in [0.1, 0.15) is 27.3 Å². The van der Waals surface area contributed by atoms with Gasteiger partial charge in [-0.2, -0.15) is 0 Å². The predicted octanol–water partition coefficient (Wildman–Crippen LogP) is 6.10. The van der Waals surface area contributed by atoms with Crippen molar-refractivity contribution >= 4 is 40.9 Å². The molecule has 0 atom stereocenters. The van der Waals surface area contributed by atoms with Gasteiger partial charge in [0, 0.05) is 16.3 Å². The molecule has 0 radical (unpaired) electrons. The maximum absolute atomic E-state index is 12.6. The summed E-state index contributed by atoms with van der Waals surface area (Å²) < 4.78 is 1.86. The Bertz CT molecular complexity index is 1230. The fraction of sp³-hybridized carbons (Fsp3) is 0.125. The Morgan fingerprint density at radius 1 is 1.00 bits per heavy atom. The molecule has 1 heterocycles. The van der Waals surface area contributed by atoms with Crippen molar-refractivity contribution < 1.29 is 4.79 Å². The van der Waals surface area contributed by atoms with E-state index >= 15 is 0 Å². The zero-order chi connectivity index (χ0) is 22.5. The SMILES string of the molecule is Cc1ccc(C(=O)NCc2nnc(SCc3ccccc3)n2-c2ccc(Cl)cc2Cl)cc1. The first-order chi connectivity index (χ1) is 15.5. The normalized spacial score (nSPS) is 10.8. The molecule has 4 rings (SSSR count). The molecule has 5 nitrogen and oxygen atoms in total. The predicted molar refractivity (Wildman–Crippen MR) is 130 cm³/mol. The van der Waals surface area contributed by atoms with Crippen LogP contribution in [0.4, 0.5) is 0 Å². The highest BCUT2D eigenvalue weighted by molar-refractivity contribution is 7.98. The van der Waals surface area contributed by atoms with Gasteiger partial charge in [-0.25, -0.2) is 0 Å². The fourth-order valence-corrected chi connectivity index (χ4v) is 4.51. The summed E-state index contributed by atoms with van der Waals surface area (Å²) in [4.78, 5) is 12.6. The van der Waals surface area contributed by atoms with Crippen molar-refractivity contribution in [3.63, 3.8) is 0 Å². The molecule has 32 heavy (non-hydrogen) atoms. The quantitative estimate of drug-likeness (QED) is 0.323. The van der Waals surface area contributed by atoms with Crippen molar-refractivity contribution in [2.45, 2.75) is 24.4 Å². The largest absolute Gasteiger partial charge is 0.345 e. The summed E-state index contributed by atoms with van der Waals surface area (Å²) in [6.07, 6.45) is 0. The summed E-state index contributed by atoms with van der Waals surface area (Å²) in [6.45, 7) is 2.18. The lowest BCUT2D eigenvalue weighted by atomic mass is 10.1. The van der Waals surface area contributed by atoms with Crippen LogP contribution in [0.5, 0.6) is 0 Å². The third-order valence-corrected chi connectivity index (χ3v) is 6.32. The first-order valence-corrected chi connectivity index (χ1v) is 11.7. The van der Waals surface area contributed by atoms with Gasteiger partial charge >= 0.3 is 0 Å². The summed E-state index contributed by atoms with van der Waals surface area (Å²) in [5.74, 6) is 1.12. The molecular formula is C24H20Cl2N4OS. The molecule has 0 bridgehead atoms. The summed E-state index contributed by atoms with van der Waals surface area (Å²) in [5.41, 5.74) is 3.56. The number of amides is 1. The van der Waals surface area contributed by atoms with E-state index in [1.807, 2.05) is 47.9 Å². The molecule has 1 aromatic heterocycles. The minimum absolute atomic E-state index is 0.180. The van der Waals surface area contributed by atoms with Gasteiger partial charge in [0.2, 0.25) is 0 Å². The van der Waals surface area contributed by atoms with Crippen LogP contribution in [0.25, 0.3) is 5.69 Å². The van der Waals surface area contributed by atoms with Gasteiger partial charge in [-0.3, -0.25) is 9.36 Å². The van der Waals surface area contributed by atoms with Crippen molar-refractivity contribution in [3.05, 3.63) is 105 Å². The van der Waals surface area contributed by atoms with Gasteiger partial charge in [-0.15, -0.1) is 10.2 Å². The number of aryl methyl sites for hydroxylation is 1. The van der Waals surface area contributed by atoms with E-state index in [2.05, 4.69) is 27.6 Å². The minimum atomic E-state index is -0.180. The van der Waals surface area contributed by atoms with Crippen LogP contribution in [0.3, 0.4) is 0 Å². The number of aromatic nitrogens is 3. The van der Waals surface area contributed by atoms with Crippen LogP contribution >= 0.6 is 35.0 Å². The van der Waals surface area contributed by atoms with E-state index in [0.29, 0.717) is 32.3 Å². The molecule has 0 saturated heterocycles. The molecule has 0 saturated carbocycles. The number of hydrogen-bond acceptors (Lipinski definition) is 4. The molecule has 3 aromatic carbocycles. The molecule has 0 aliphatic heterocycles. The minimum Gasteiger partial charge on any atom is -0.345 e. The Hall–Kier alpha value is -2.80. The number of nitrogens with one attached hydrogen (secondary N) is 1. The number of carbonyl (C=O) groups excluding carboxylic acids is 1. The topological polar surface area (TPSA) is 59.8 Å². The van der Waals surface area contributed by atoms with E-state index in [-0.39, 0.29) is 12.5 Å². The van der Waals surface area contributed by atoms with E-state index in [1.54, 1.807) is 36.0 Å². The number of nitrogens with zero attached hydrogens (tertiary/aromatic N) is 3. The lowest BCUT2D eigenvalue weighted by Crippen LogP contribution is -2.24. The second kappa shape index (κ2) is 10.2. The van der Waals surface area contributed by atoms with E-state index in [1.165, 1.54) is 5.56 Å². The molecule has 1 N–H and O–H groups in total. The zero-order valence-electron chi connectivity index (χ0n) is 17.3. The van der Waals surface area contributed by atoms with Crippen LogP contribution in [0.2, 0.25) is 10.0 Å². The second-order valence-corrected chi connectivity index (χ2v) is 8.94. The lowest BCUT2D eigenvalue weighted by molar-refractivity contribution is 0.0949. The Morgan fingerprint density at radius 2 is 1.75 bits per heavy atom. The maximum Gasteiger partial charge on any atom is 0.251 e. The first-order valence-electron chi connectivity index (χ1n) is 9.92. The average Bonchev–Trinajstić information content (AvgIpc) is 3.20. The molecular weight excluding hydrogens is 463 g/mol. The highest BCUT2D eigenvalue weighted by atomic mass is 35.5. The number of carbonyl (C=O) groups is 1. The number of halogens is 2. The van der Waals surface area contributed by atoms with Crippen molar-refractivity contribution in [1.82, 2.24) is 20.1 Å². The smallest absolute Gasteiger partial charge is 0.251 e. The van der Waals surface area contributed by atoms with E-state index in [4.69, 9.17) is 23.2 Å². The van der Waals surface area contributed by atoms with E-state index in [9.17, 15) is 4.79 Å². The summed E-state index contributed by atoms with van der Waals surface area (Å²) in [6, 6.07) is 22.8. The highest BCUT2D eigenvalue weighted by Gasteiger charge is 2.18. The fourth-order valence-electron chi connectivity index (χ4n) is 3.10. The Labute approximate surface area is 200 Å². The van der Waals surface area contributed by atoms with Gasteiger partial charge in [0.1, 0.15) is 0 Å². The van der Waals surface area contributed by atoms with Crippen molar-refractivity contribution in [2.24, 2.45) is 0 Å². The van der Waals surface area contributed by atoms with Crippen LogP contribution in [0.15, 0.2) is 78.0 Å². The third-order valence-electron chi connectivity index (χ3n) is 4.78. The molecule has 0 unspecified atom stereocenters. The lowest BCUT2D eigenvalue weighted by Gasteiger charge is -2.13. The Morgan fingerprint density at radius 3 is 2.47 bits per heavy atom. The summed E-state index contributed by atoms with van der Waals surface area (Å²) in [7, 11) is 0. The van der Waals surface area contributed by atoms with E-state index < -0.39 is 0 Å². The highest BCUT2D eigenvalue weighted by Crippen LogP contribution is 2.30. The zero-order valence-corrected chi connectivity index (χ0v) is 19.6. The van der Waals surface area contributed by atoms with E-state index in [0.717, 1.165) is 11.3 Å².